The number of Topliss-reactive ketones (excluding diaryl/α,β-unsaturated/α-hetero) is 1. The summed E-state index contributed by atoms with van der Waals surface area (Å²) in [5, 5.41) is 10.1. The first-order valence-electron chi connectivity index (χ1n) is 14.8. The average molecular weight is 715 g/mol. The predicted molar refractivity (Wildman–Crippen MR) is 188 cm³/mol. The Morgan fingerprint density at radius 2 is 1.14 bits per heavy atom. The fourth-order valence-corrected chi connectivity index (χ4v) is 5.30. The third-order valence-electron chi connectivity index (χ3n) is 7.37. The summed E-state index contributed by atoms with van der Waals surface area (Å²) in [5.74, 6) is -4.28. The van der Waals surface area contributed by atoms with E-state index in [0.717, 1.165) is 52.6 Å². The number of rotatable bonds is 5. The van der Waals surface area contributed by atoms with Crippen molar-refractivity contribution in [3.05, 3.63) is 141 Å². The molecule has 9 nitrogen and oxygen atoms in total. The van der Waals surface area contributed by atoms with Gasteiger partial charge >= 0.3 is 0 Å². The quantitative estimate of drug-likeness (QED) is 0.0935. The Labute approximate surface area is 293 Å². The van der Waals surface area contributed by atoms with Gasteiger partial charge in [-0.25, -0.2) is 22.6 Å². The van der Waals surface area contributed by atoms with Crippen LogP contribution >= 0.6 is 12.4 Å². The van der Waals surface area contributed by atoms with E-state index in [9.17, 15) is 32.3 Å². The number of guanidine groups is 2. The normalized spacial score (nSPS) is 15.4. The fraction of sp³-hybridized carbons (Fsp3) is 0.222. The highest BCUT2D eigenvalue weighted by Gasteiger charge is 2.50. The van der Waals surface area contributed by atoms with E-state index in [1.54, 1.807) is 24.3 Å². The molecule has 4 aromatic rings. The Morgan fingerprint density at radius 3 is 1.52 bits per heavy atom. The standard InChI is InChI=1S/C18H17F2N3O.C16H14F2O2.C2H7N3.ClH/c1-10-4-11(2)6-12(5-10)18(16(24)23(3)17(21)22-18)13-7-14(19)9-15(20)8-13;1-9-3-10(2)5-11(4-9)15(19)16(20)12-6-13(17)8-14(18)7-12;1-5-2(3)4;/h4-9H,1-3H3,(H2,21,22);3-8,15,19H,1-2H3;1H3,(H4,3,4,5);1H. The number of nitrogens with zero attached hydrogens (tertiary/aromatic N) is 3. The summed E-state index contributed by atoms with van der Waals surface area (Å²) < 4.78 is 53.8. The third kappa shape index (κ3) is 9.67. The van der Waals surface area contributed by atoms with Gasteiger partial charge in [0, 0.05) is 31.8 Å². The van der Waals surface area contributed by atoms with E-state index >= 15 is 0 Å². The molecule has 0 spiro atoms. The lowest BCUT2D eigenvalue weighted by atomic mass is 9.81. The van der Waals surface area contributed by atoms with Crippen LogP contribution in [0, 0.1) is 51.0 Å². The summed E-state index contributed by atoms with van der Waals surface area (Å²) >= 11 is 0. The number of halogens is 5. The molecule has 1 aliphatic heterocycles. The van der Waals surface area contributed by atoms with Crippen LogP contribution in [0.5, 0.6) is 0 Å². The topological polar surface area (TPSA) is 160 Å². The largest absolute Gasteiger partial charge is 0.380 e. The summed E-state index contributed by atoms with van der Waals surface area (Å²) in [4.78, 5) is 33.9. The van der Waals surface area contributed by atoms with Gasteiger partial charge < -0.3 is 22.3 Å². The van der Waals surface area contributed by atoms with Gasteiger partial charge in [0.2, 0.25) is 0 Å². The molecule has 0 radical (unpaired) electrons. The molecule has 0 fully saturated rings. The number of hydrogen-bond donors (Lipinski definition) is 4. The zero-order valence-corrected chi connectivity index (χ0v) is 29.1. The van der Waals surface area contributed by atoms with E-state index < -0.39 is 46.6 Å². The van der Waals surface area contributed by atoms with Crippen molar-refractivity contribution in [1.82, 2.24) is 4.90 Å². The van der Waals surface area contributed by atoms with Crippen molar-refractivity contribution < 1.29 is 32.3 Å². The van der Waals surface area contributed by atoms with Crippen LogP contribution in [0.15, 0.2) is 82.8 Å². The van der Waals surface area contributed by atoms with Gasteiger partial charge in [-0.2, -0.15) is 0 Å². The molecule has 7 N–H and O–H groups in total. The highest BCUT2D eigenvalue weighted by molar-refractivity contribution is 6.09. The fourth-order valence-electron chi connectivity index (χ4n) is 5.30. The predicted octanol–water partition coefficient (Wildman–Crippen LogP) is 5.42. The lowest BCUT2D eigenvalue weighted by Crippen LogP contribution is -2.41. The molecule has 0 saturated heterocycles. The Hall–Kier alpha value is -5.27. The van der Waals surface area contributed by atoms with Gasteiger partial charge in [0.05, 0.1) is 0 Å². The first-order chi connectivity index (χ1) is 22.9. The maximum absolute atomic E-state index is 13.8. The third-order valence-corrected chi connectivity index (χ3v) is 7.37. The molecule has 2 unspecified atom stereocenters. The molecule has 1 aliphatic rings. The van der Waals surface area contributed by atoms with Crippen LogP contribution < -0.4 is 17.2 Å². The number of likely N-dealkylation sites (N-methyl/N-ethyl adjacent to an activating group) is 1. The Morgan fingerprint density at radius 1 is 0.760 bits per heavy atom. The number of aryl methyl sites for hydroxylation is 4. The van der Waals surface area contributed by atoms with Gasteiger partial charge in [0.15, 0.2) is 23.2 Å². The summed E-state index contributed by atoms with van der Waals surface area (Å²) in [6.45, 7) is 7.45. The number of ketones is 1. The van der Waals surface area contributed by atoms with E-state index in [0.29, 0.717) is 17.2 Å². The van der Waals surface area contributed by atoms with Gasteiger partial charge in [-0.3, -0.25) is 19.5 Å². The molecule has 0 aromatic heterocycles. The molecule has 0 aliphatic carbocycles. The molecule has 266 valence electrons. The Balaban J connectivity index is 0.000000304. The maximum Gasteiger partial charge on any atom is 0.266 e. The van der Waals surface area contributed by atoms with E-state index in [1.165, 1.54) is 19.0 Å². The van der Waals surface area contributed by atoms with Crippen LogP contribution in [0.25, 0.3) is 0 Å². The molecule has 14 heteroatoms. The van der Waals surface area contributed by atoms with E-state index in [1.807, 2.05) is 39.8 Å². The highest BCUT2D eigenvalue weighted by Crippen LogP contribution is 2.40. The van der Waals surface area contributed by atoms with Crippen molar-refractivity contribution in [1.29, 1.82) is 0 Å². The van der Waals surface area contributed by atoms with Crippen LogP contribution in [-0.2, 0) is 10.3 Å². The van der Waals surface area contributed by atoms with Crippen LogP contribution in [0.4, 0.5) is 17.6 Å². The number of aliphatic imine (C=N–C) groups is 2. The van der Waals surface area contributed by atoms with Gasteiger partial charge in [-0.05, 0) is 68.7 Å². The second-order valence-electron chi connectivity index (χ2n) is 11.6. The summed E-state index contributed by atoms with van der Waals surface area (Å²) in [6.07, 6.45) is -1.44. The van der Waals surface area contributed by atoms with Gasteiger partial charge in [-0.1, -0.05) is 58.7 Å². The SMILES string of the molecule is CN=C(N)N.Cc1cc(C)cc(C(O)C(=O)c2cc(F)cc(F)c2)c1.Cc1cc(C)cc(C2(c3cc(F)cc(F)c3)N=C(N)N(C)C2=O)c1.Cl. The number of amides is 1. The van der Waals surface area contributed by atoms with Crippen LogP contribution in [-0.4, -0.2) is 47.7 Å². The molecule has 0 bridgehead atoms. The average Bonchev–Trinajstić information content (AvgIpc) is 3.23. The minimum atomic E-state index is -1.58. The molecule has 1 heterocycles. The van der Waals surface area contributed by atoms with Crippen LogP contribution in [0.1, 0.15) is 55.4 Å². The molecule has 5 rings (SSSR count). The van der Waals surface area contributed by atoms with E-state index in [2.05, 4.69) is 9.98 Å². The summed E-state index contributed by atoms with van der Waals surface area (Å²) in [5.41, 5.74) is 18.4. The van der Waals surface area contributed by atoms with Gasteiger partial charge in [0.1, 0.15) is 29.4 Å². The van der Waals surface area contributed by atoms with Crippen molar-refractivity contribution in [3.8, 4) is 0 Å². The number of benzene rings is 4. The number of carbonyl (C=O) groups excluding carboxylic acids is 2. The van der Waals surface area contributed by atoms with E-state index in [4.69, 9.17) is 17.2 Å². The first-order valence-corrected chi connectivity index (χ1v) is 14.8. The zero-order valence-electron chi connectivity index (χ0n) is 28.3. The second kappa shape index (κ2) is 16.9. The molecule has 0 saturated carbocycles. The zero-order chi connectivity index (χ0) is 36.8. The summed E-state index contributed by atoms with van der Waals surface area (Å²) in [7, 11) is 3.02. The lowest BCUT2D eigenvalue weighted by molar-refractivity contribution is -0.129. The van der Waals surface area contributed by atoms with Crippen molar-refractivity contribution in [2.75, 3.05) is 14.1 Å². The number of aliphatic hydroxyl groups is 1. The first kappa shape index (κ1) is 40.9. The molecule has 1 amide bonds. The van der Waals surface area contributed by atoms with Gasteiger partial charge in [0.25, 0.3) is 5.91 Å². The molecular formula is C36H39ClF4N6O3. The summed E-state index contributed by atoms with van der Waals surface area (Å²) in [6, 6.07) is 16.3. The number of carbonyl (C=O) groups is 2. The minimum Gasteiger partial charge on any atom is -0.380 e. The Bertz CT molecular complexity index is 1820. The number of hydrogen-bond acceptors (Lipinski definition) is 6. The van der Waals surface area contributed by atoms with Crippen molar-refractivity contribution in [2.24, 2.45) is 27.2 Å². The smallest absolute Gasteiger partial charge is 0.266 e. The van der Waals surface area contributed by atoms with Crippen molar-refractivity contribution in [3.63, 3.8) is 0 Å². The lowest BCUT2D eigenvalue weighted by Gasteiger charge is -2.27. The molecule has 50 heavy (non-hydrogen) atoms. The molecular weight excluding hydrogens is 676 g/mol. The van der Waals surface area contributed by atoms with Gasteiger partial charge in [-0.15, -0.1) is 12.4 Å². The highest BCUT2D eigenvalue weighted by atomic mass is 35.5. The maximum atomic E-state index is 13.8. The second-order valence-corrected chi connectivity index (χ2v) is 11.6. The number of nitrogens with two attached hydrogens (primary N) is 3. The van der Waals surface area contributed by atoms with Crippen molar-refractivity contribution in [2.45, 2.75) is 39.3 Å². The van der Waals surface area contributed by atoms with E-state index in [-0.39, 0.29) is 35.5 Å². The van der Waals surface area contributed by atoms with Crippen LogP contribution in [0.2, 0.25) is 0 Å². The molecule has 2 atom stereocenters. The number of aliphatic hydroxyl groups excluding tert-OH is 1. The minimum absolute atomic E-state index is 0. The monoisotopic (exact) mass is 714 g/mol. The van der Waals surface area contributed by atoms with Crippen molar-refractivity contribution >= 4 is 36.0 Å². The Kier molecular flexibility index (Phi) is 13.8. The van der Waals surface area contributed by atoms with Crippen LogP contribution in [0.3, 0.4) is 0 Å². The molecule has 4 aromatic carbocycles.